The highest BCUT2D eigenvalue weighted by molar-refractivity contribution is 7.80. The van der Waals surface area contributed by atoms with Crippen molar-refractivity contribution in [1.82, 2.24) is 9.78 Å². The molecule has 0 spiro atoms. The third-order valence-corrected chi connectivity index (χ3v) is 3.96. The van der Waals surface area contributed by atoms with Crippen LogP contribution in [0.5, 0.6) is 0 Å². The van der Waals surface area contributed by atoms with E-state index in [2.05, 4.69) is 10.4 Å². The van der Waals surface area contributed by atoms with Crippen LogP contribution < -0.4 is 11.1 Å². The Kier molecular flexibility index (Phi) is 3.89. The third-order valence-electron chi connectivity index (χ3n) is 2.53. The predicted molar refractivity (Wildman–Crippen MR) is 80.5 cm³/mol. The van der Waals surface area contributed by atoms with Gasteiger partial charge in [0.25, 0.3) is 0 Å². The van der Waals surface area contributed by atoms with E-state index in [0.29, 0.717) is 11.5 Å². The molecule has 2 heterocycles. The Morgan fingerprint density at radius 2 is 2.33 bits per heavy atom. The van der Waals surface area contributed by atoms with Gasteiger partial charge in [-0.05, 0) is 19.1 Å². The van der Waals surface area contributed by atoms with Crippen LogP contribution in [-0.4, -0.2) is 14.8 Å². The normalized spacial score (nSPS) is 10.6. The van der Waals surface area contributed by atoms with Crippen LogP contribution in [0.3, 0.4) is 0 Å². The van der Waals surface area contributed by atoms with Gasteiger partial charge in [0.2, 0.25) is 0 Å². The summed E-state index contributed by atoms with van der Waals surface area (Å²) in [5.41, 5.74) is 7.35. The zero-order valence-corrected chi connectivity index (χ0v) is 12.4. The van der Waals surface area contributed by atoms with Crippen LogP contribution in [0.4, 0.5) is 5.82 Å². The van der Waals surface area contributed by atoms with Crippen LogP contribution in [0.25, 0.3) is 0 Å². The second-order valence-electron chi connectivity index (χ2n) is 3.86. The molecule has 0 aromatic carbocycles. The molecular weight excluding hydrogens is 288 g/mol. The lowest BCUT2D eigenvalue weighted by molar-refractivity contribution is 0.758. The van der Waals surface area contributed by atoms with Gasteiger partial charge in [-0.1, -0.05) is 23.8 Å². The van der Waals surface area contributed by atoms with Gasteiger partial charge in [-0.2, -0.15) is 5.10 Å². The molecule has 0 radical (unpaired) electrons. The van der Waals surface area contributed by atoms with Gasteiger partial charge in [-0.3, -0.25) is 4.68 Å². The molecule has 0 saturated heterocycles. The molecule has 0 fully saturated rings. The molecule has 0 aliphatic carbocycles. The molecule has 2 aromatic heterocycles. The van der Waals surface area contributed by atoms with E-state index in [-0.39, 0.29) is 0 Å². The van der Waals surface area contributed by atoms with Gasteiger partial charge in [0.05, 0.1) is 22.1 Å². The van der Waals surface area contributed by atoms with Gasteiger partial charge >= 0.3 is 0 Å². The number of rotatable bonds is 4. The van der Waals surface area contributed by atoms with E-state index >= 15 is 0 Å². The molecule has 0 saturated carbocycles. The maximum absolute atomic E-state index is 5.89. The van der Waals surface area contributed by atoms with Crippen LogP contribution in [0.2, 0.25) is 4.34 Å². The summed E-state index contributed by atoms with van der Waals surface area (Å²) in [7, 11) is 1.86. The Morgan fingerprint density at radius 1 is 1.61 bits per heavy atom. The molecule has 0 amide bonds. The second-order valence-corrected chi connectivity index (χ2v) is 6.10. The quantitative estimate of drug-likeness (QED) is 0.853. The Morgan fingerprint density at radius 3 is 2.89 bits per heavy atom. The SMILES string of the molecule is Cc1nn(C)c(NCc2ccc(Cl)s2)c1C(N)=S. The lowest BCUT2D eigenvalue weighted by Gasteiger charge is -2.07. The fraction of sp³-hybridized carbons (Fsp3) is 0.273. The van der Waals surface area contributed by atoms with Crippen LogP contribution in [0.15, 0.2) is 12.1 Å². The average Bonchev–Trinajstić information content (AvgIpc) is 2.79. The van der Waals surface area contributed by atoms with Gasteiger partial charge in [0.1, 0.15) is 10.8 Å². The summed E-state index contributed by atoms with van der Waals surface area (Å²) in [5, 5.41) is 7.61. The molecule has 2 aromatic rings. The minimum Gasteiger partial charge on any atom is -0.389 e. The number of thiocarbonyl (C=S) groups is 1. The lowest BCUT2D eigenvalue weighted by Crippen LogP contribution is -2.14. The number of halogens is 1. The van der Waals surface area contributed by atoms with Crippen LogP contribution in [-0.2, 0) is 13.6 Å². The van der Waals surface area contributed by atoms with E-state index < -0.39 is 0 Å². The molecule has 96 valence electrons. The third kappa shape index (κ3) is 2.66. The average molecular weight is 301 g/mol. The zero-order chi connectivity index (χ0) is 13.3. The van der Waals surface area contributed by atoms with Gasteiger partial charge in [-0.25, -0.2) is 0 Å². The minimum atomic E-state index is 0.354. The Balaban J connectivity index is 2.21. The summed E-state index contributed by atoms with van der Waals surface area (Å²) in [5.74, 6) is 0.838. The van der Waals surface area contributed by atoms with Crippen molar-refractivity contribution in [3.05, 3.63) is 32.6 Å². The number of nitrogens with two attached hydrogens (primary N) is 1. The number of aryl methyl sites for hydroxylation is 2. The number of anilines is 1. The highest BCUT2D eigenvalue weighted by atomic mass is 35.5. The summed E-state index contributed by atoms with van der Waals surface area (Å²) in [4.78, 5) is 1.50. The highest BCUT2D eigenvalue weighted by Crippen LogP contribution is 2.24. The maximum Gasteiger partial charge on any atom is 0.134 e. The van der Waals surface area contributed by atoms with Crippen molar-refractivity contribution >= 4 is 46.0 Å². The molecule has 18 heavy (non-hydrogen) atoms. The van der Waals surface area contributed by atoms with Gasteiger partial charge < -0.3 is 11.1 Å². The Labute approximate surface area is 120 Å². The van der Waals surface area contributed by atoms with Crippen LogP contribution in [0.1, 0.15) is 16.1 Å². The van der Waals surface area contributed by atoms with Crippen molar-refractivity contribution in [3.8, 4) is 0 Å². The first-order chi connectivity index (χ1) is 8.49. The molecule has 0 atom stereocenters. The molecule has 0 aliphatic heterocycles. The maximum atomic E-state index is 5.89. The molecule has 2 rings (SSSR count). The smallest absolute Gasteiger partial charge is 0.134 e. The van der Waals surface area contributed by atoms with Crippen LogP contribution >= 0.6 is 35.2 Å². The lowest BCUT2D eigenvalue weighted by atomic mass is 10.2. The van der Waals surface area contributed by atoms with Crippen molar-refractivity contribution in [1.29, 1.82) is 0 Å². The standard InChI is InChI=1S/C11H13ClN4S2/c1-6-9(10(13)17)11(16(2)15-6)14-5-7-3-4-8(12)18-7/h3-4,14H,5H2,1-2H3,(H2,13,17). The summed E-state index contributed by atoms with van der Waals surface area (Å²) in [6.45, 7) is 2.56. The monoisotopic (exact) mass is 300 g/mol. The number of hydrogen-bond acceptors (Lipinski definition) is 4. The fourth-order valence-electron chi connectivity index (χ4n) is 1.77. The summed E-state index contributed by atoms with van der Waals surface area (Å²) < 4.78 is 2.53. The second kappa shape index (κ2) is 5.26. The topological polar surface area (TPSA) is 55.9 Å². The van der Waals surface area contributed by atoms with Gasteiger partial charge in [0.15, 0.2) is 0 Å². The van der Waals surface area contributed by atoms with Gasteiger partial charge in [0, 0.05) is 11.9 Å². The van der Waals surface area contributed by atoms with E-state index in [1.807, 2.05) is 26.1 Å². The fourth-order valence-corrected chi connectivity index (χ4v) is 3.05. The predicted octanol–water partition coefficient (Wildman–Crippen LogP) is 2.69. The number of aromatic nitrogens is 2. The van der Waals surface area contributed by atoms with E-state index in [0.717, 1.165) is 26.3 Å². The zero-order valence-electron chi connectivity index (χ0n) is 10.0. The molecule has 7 heteroatoms. The van der Waals surface area contributed by atoms with E-state index in [4.69, 9.17) is 29.6 Å². The minimum absolute atomic E-state index is 0.354. The molecular formula is C11H13ClN4S2. The summed E-state index contributed by atoms with van der Waals surface area (Å²) in [6.07, 6.45) is 0. The number of nitrogens with one attached hydrogen (secondary N) is 1. The molecule has 0 aliphatic rings. The van der Waals surface area contributed by atoms with Crippen molar-refractivity contribution in [2.45, 2.75) is 13.5 Å². The van der Waals surface area contributed by atoms with E-state index in [1.165, 1.54) is 0 Å². The Bertz CT molecular complexity index is 588. The summed E-state index contributed by atoms with van der Waals surface area (Å²) >= 11 is 12.5. The number of thiophene rings is 1. The van der Waals surface area contributed by atoms with E-state index in [1.54, 1.807) is 16.0 Å². The van der Waals surface area contributed by atoms with E-state index in [9.17, 15) is 0 Å². The molecule has 4 nitrogen and oxygen atoms in total. The summed E-state index contributed by atoms with van der Waals surface area (Å²) in [6, 6.07) is 3.87. The number of nitrogens with zero attached hydrogens (tertiary/aromatic N) is 2. The first kappa shape index (κ1) is 13.3. The van der Waals surface area contributed by atoms with Gasteiger partial charge in [-0.15, -0.1) is 11.3 Å². The largest absolute Gasteiger partial charge is 0.389 e. The highest BCUT2D eigenvalue weighted by Gasteiger charge is 2.15. The number of hydrogen-bond donors (Lipinski definition) is 2. The van der Waals surface area contributed by atoms with Crippen molar-refractivity contribution in [3.63, 3.8) is 0 Å². The first-order valence-corrected chi connectivity index (χ1v) is 6.90. The molecule has 0 bridgehead atoms. The van der Waals surface area contributed by atoms with Crippen molar-refractivity contribution in [2.24, 2.45) is 12.8 Å². The molecule has 3 N–H and O–H groups in total. The molecule has 0 unspecified atom stereocenters. The Hall–Kier alpha value is -1.11. The van der Waals surface area contributed by atoms with Crippen molar-refractivity contribution in [2.75, 3.05) is 5.32 Å². The van der Waals surface area contributed by atoms with Crippen LogP contribution in [0, 0.1) is 6.92 Å². The van der Waals surface area contributed by atoms with Crippen molar-refractivity contribution < 1.29 is 0 Å². The first-order valence-electron chi connectivity index (χ1n) is 5.30.